The SMILES string of the molecule is CC(C)(C)c1ccccc1NC(=O)Oc1ccc2c3c(oc2c1)C(C)(C)c1cc(OC[C@H](O)CO)ccc1C3=O. The Labute approximate surface area is 232 Å². The van der Waals surface area contributed by atoms with Crippen molar-refractivity contribution in [2.45, 2.75) is 51.6 Å². The van der Waals surface area contributed by atoms with Crippen LogP contribution in [0.2, 0.25) is 0 Å². The van der Waals surface area contributed by atoms with E-state index >= 15 is 0 Å². The van der Waals surface area contributed by atoms with Crippen LogP contribution in [-0.2, 0) is 10.8 Å². The number of anilines is 1. The fraction of sp³-hybridized carbons (Fsp3) is 0.312. The van der Waals surface area contributed by atoms with E-state index < -0.39 is 24.2 Å². The lowest BCUT2D eigenvalue weighted by molar-refractivity contribution is 0.0535. The van der Waals surface area contributed by atoms with Gasteiger partial charge in [-0.15, -0.1) is 0 Å². The van der Waals surface area contributed by atoms with Gasteiger partial charge in [0.1, 0.15) is 35.6 Å². The number of benzene rings is 3. The molecule has 0 aliphatic heterocycles. The van der Waals surface area contributed by atoms with E-state index in [9.17, 15) is 14.7 Å². The second-order valence-electron chi connectivity index (χ2n) is 11.6. The van der Waals surface area contributed by atoms with Crippen molar-refractivity contribution in [2.24, 2.45) is 0 Å². The largest absolute Gasteiger partial charge is 0.491 e. The number of ketones is 1. The summed E-state index contributed by atoms with van der Waals surface area (Å²) in [4.78, 5) is 26.4. The molecule has 0 saturated heterocycles. The number of aliphatic hydroxyl groups excluding tert-OH is 2. The minimum absolute atomic E-state index is 0.0717. The summed E-state index contributed by atoms with van der Waals surface area (Å²) in [6.07, 6.45) is -1.63. The van der Waals surface area contributed by atoms with Crippen LogP contribution in [-0.4, -0.2) is 41.4 Å². The first kappa shape index (κ1) is 27.4. The van der Waals surface area contributed by atoms with Crippen molar-refractivity contribution in [1.82, 2.24) is 0 Å². The first-order valence-corrected chi connectivity index (χ1v) is 13.2. The van der Waals surface area contributed by atoms with Gasteiger partial charge in [0.15, 0.2) is 5.78 Å². The molecule has 208 valence electrons. The topological polar surface area (TPSA) is 118 Å². The zero-order valence-corrected chi connectivity index (χ0v) is 23.2. The second-order valence-corrected chi connectivity index (χ2v) is 11.6. The Kier molecular flexibility index (Phi) is 6.94. The van der Waals surface area contributed by atoms with Gasteiger partial charge in [0, 0.05) is 28.1 Å². The molecule has 1 aromatic heterocycles. The monoisotopic (exact) mass is 543 g/mol. The van der Waals surface area contributed by atoms with Gasteiger partial charge >= 0.3 is 6.09 Å². The van der Waals surface area contributed by atoms with E-state index in [-0.39, 0.29) is 23.6 Å². The maximum atomic E-state index is 13.6. The van der Waals surface area contributed by atoms with Crippen LogP contribution >= 0.6 is 0 Å². The highest BCUT2D eigenvalue weighted by atomic mass is 16.6. The van der Waals surface area contributed by atoms with Gasteiger partial charge in [-0.05, 0) is 66.8 Å². The molecule has 0 fully saturated rings. The summed E-state index contributed by atoms with van der Waals surface area (Å²) in [7, 11) is 0. The van der Waals surface area contributed by atoms with E-state index in [1.165, 1.54) is 0 Å². The second kappa shape index (κ2) is 10.1. The summed E-state index contributed by atoms with van der Waals surface area (Å²) >= 11 is 0. The summed E-state index contributed by atoms with van der Waals surface area (Å²) in [5, 5.41) is 22.2. The minimum atomic E-state index is -1.00. The molecule has 0 spiro atoms. The third-order valence-electron chi connectivity index (χ3n) is 7.20. The smallest absolute Gasteiger partial charge is 0.417 e. The third kappa shape index (κ3) is 4.96. The number of amides is 1. The van der Waals surface area contributed by atoms with Crippen molar-refractivity contribution in [3.63, 3.8) is 0 Å². The quantitative estimate of drug-likeness (QED) is 0.275. The van der Waals surface area contributed by atoms with Crippen LogP contribution < -0.4 is 14.8 Å². The van der Waals surface area contributed by atoms with Gasteiger partial charge in [0.25, 0.3) is 0 Å². The summed E-state index contributed by atoms with van der Waals surface area (Å²) in [6.45, 7) is 9.66. The van der Waals surface area contributed by atoms with Crippen LogP contribution in [0.3, 0.4) is 0 Å². The van der Waals surface area contributed by atoms with E-state index in [1.54, 1.807) is 36.4 Å². The highest BCUT2D eigenvalue weighted by molar-refractivity contribution is 6.19. The van der Waals surface area contributed by atoms with Gasteiger partial charge in [-0.25, -0.2) is 4.79 Å². The molecule has 8 heteroatoms. The third-order valence-corrected chi connectivity index (χ3v) is 7.20. The fourth-order valence-electron chi connectivity index (χ4n) is 5.12. The first-order chi connectivity index (χ1) is 18.9. The van der Waals surface area contributed by atoms with E-state index in [0.29, 0.717) is 39.3 Å². The molecule has 40 heavy (non-hydrogen) atoms. The Morgan fingerprint density at radius 2 is 1.77 bits per heavy atom. The van der Waals surface area contributed by atoms with Crippen molar-refractivity contribution in [3.05, 3.63) is 88.7 Å². The summed E-state index contributed by atoms with van der Waals surface area (Å²) in [6, 6.07) is 17.7. The maximum Gasteiger partial charge on any atom is 0.417 e. The number of hydrogen-bond donors (Lipinski definition) is 3. The number of carbonyl (C=O) groups is 2. The number of carbonyl (C=O) groups excluding carboxylic acids is 2. The fourth-order valence-corrected chi connectivity index (χ4v) is 5.12. The van der Waals surface area contributed by atoms with Gasteiger partial charge in [0.2, 0.25) is 0 Å². The molecule has 0 bridgehead atoms. The van der Waals surface area contributed by atoms with Crippen molar-refractivity contribution < 1.29 is 33.7 Å². The summed E-state index contributed by atoms with van der Waals surface area (Å²) in [5.41, 5.74) is 2.99. The molecule has 4 aromatic rings. The maximum absolute atomic E-state index is 13.6. The van der Waals surface area contributed by atoms with Crippen LogP contribution in [0.5, 0.6) is 11.5 Å². The number of nitrogens with one attached hydrogen (secondary N) is 1. The predicted molar refractivity (Wildman–Crippen MR) is 152 cm³/mol. The zero-order chi connectivity index (χ0) is 28.8. The van der Waals surface area contributed by atoms with Crippen molar-refractivity contribution in [1.29, 1.82) is 0 Å². The molecule has 3 N–H and O–H groups in total. The van der Waals surface area contributed by atoms with Crippen LogP contribution in [0.25, 0.3) is 11.0 Å². The lowest BCUT2D eigenvalue weighted by Gasteiger charge is -2.31. The Hall–Kier alpha value is -4.14. The van der Waals surface area contributed by atoms with E-state index in [2.05, 4.69) is 26.1 Å². The van der Waals surface area contributed by atoms with Crippen molar-refractivity contribution in [2.75, 3.05) is 18.5 Å². The number of aliphatic hydroxyl groups is 2. The van der Waals surface area contributed by atoms with Crippen LogP contribution in [0, 0.1) is 0 Å². The lowest BCUT2D eigenvalue weighted by Crippen LogP contribution is -2.29. The van der Waals surface area contributed by atoms with E-state index in [4.69, 9.17) is 19.0 Å². The summed E-state index contributed by atoms with van der Waals surface area (Å²) < 4.78 is 17.4. The normalized spacial score (nSPS) is 14.8. The molecule has 1 atom stereocenters. The van der Waals surface area contributed by atoms with E-state index in [1.807, 2.05) is 38.1 Å². The highest BCUT2D eigenvalue weighted by Crippen LogP contribution is 2.46. The highest BCUT2D eigenvalue weighted by Gasteiger charge is 2.42. The Morgan fingerprint density at radius 1 is 1.05 bits per heavy atom. The molecule has 1 aliphatic rings. The van der Waals surface area contributed by atoms with Gasteiger partial charge in [-0.1, -0.05) is 39.0 Å². The van der Waals surface area contributed by atoms with Gasteiger partial charge < -0.3 is 24.1 Å². The molecular weight excluding hydrogens is 510 g/mol. The van der Waals surface area contributed by atoms with Gasteiger partial charge in [-0.3, -0.25) is 10.1 Å². The van der Waals surface area contributed by atoms with Gasteiger partial charge in [-0.2, -0.15) is 0 Å². The molecule has 3 aromatic carbocycles. The molecule has 1 heterocycles. The zero-order valence-electron chi connectivity index (χ0n) is 23.2. The molecule has 5 rings (SSSR count). The molecule has 8 nitrogen and oxygen atoms in total. The van der Waals surface area contributed by atoms with Crippen LogP contribution in [0.4, 0.5) is 10.5 Å². The molecule has 0 radical (unpaired) electrons. The average Bonchev–Trinajstić information content (AvgIpc) is 3.30. The Morgan fingerprint density at radius 3 is 2.50 bits per heavy atom. The first-order valence-electron chi connectivity index (χ1n) is 13.2. The molecule has 1 aliphatic carbocycles. The number of ether oxygens (including phenoxy) is 2. The summed E-state index contributed by atoms with van der Waals surface area (Å²) in [5.74, 6) is 1.09. The molecule has 1 amide bonds. The standard InChI is InChI=1S/C32H33NO7/c1-31(2,3)23-8-6-7-9-25(23)33-30(37)39-20-11-13-22-26(15-20)40-29-27(22)28(36)21-12-10-19(38-17-18(35)16-34)14-24(21)32(29,4)5/h6-15,18,34-35H,16-17H2,1-5H3,(H,33,37)/t18-/m1/s1. The van der Waals surface area contributed by atoms with Gasteiger partial charge in [0.05, 0.1) is 12.2 Å². The number of furan rings is 1. The lowest BCUT2D eigenvalue weighted by atomic mass is 9.71. The minimum Gasteiger partial charge on any atom is -0.491 e. The Balaban J connectivity index is 1.43. The van der Waals surface area contributed by atoms with E-state index in [0.717, 1.165) is 11.1 Å². The number of para-hydroxylation sites is 1. The number of hydrogen-bond acceptors (Lipinski definition) is 7. The number of fused-ring (bicyclic) bond motifs is 4. The van der Waals surface area contributed by atoms with Crippen molar-refractivity contribution in [3.8, 4) is 11.5 Å². The molecular formula is C32H33NO7. The predicted octanol–water partition coefficient (Wildman–Crippen LogP) is 5.94. The van der Waals surface area contributed by atoms with Crippen LogP contribution in [0.15, 0.2) is 65.1 Å². The average molecular weight is 544 g/mol. The van der Waals surface area contributed by atoms with Crippen LogP contribution in [0.1, 0.15) is 67.4 Å². The Bertz CT molecular complexity index is 1610. The van der Waals surface area contributed by atoms with Crippen molar-refractivity contribution >= 4 is 28.5 Å². The number of rotatable bonds is 6. The molecule has 0 saturated carbocycles. The molecule has 0 unspecified atom stereocenters.